The van der Waals surface area contributed by atoms with Gasteiger partial charge >= 0.3 is 0 Å². The number of aliphatic hydroxyl groups is 1. The highest BCUT2D eigenvalue weighted by Gasteiger charge is 2.12. The summed E-state index contributed by atoms with van der Waals surface area (Å²) in [6.45, 7) is 9.32. The summed E-state index contributed by atoms with van der Waals surface area (Å²) in [5, 5.41) is 14.0. The van der Waals surface area contributed by atoms with Gasteiger partial charge in [0, 0.05) is 17.6 Å². The molecule has 0 heterocycles. The molecule has 0 aromatic heterocycles. The molecule has 1 aromatic carbocycles. The van der Waals surface area contributed by atoms with Crippen molar-refractivity contribution >= 4 is 11.6 Å². The minimum Gasteiger partial charge on any atom is -0.389 e. The van der Waals surface area contributed by atoms with E-state index in [2.05, 4.69) is 33.0 Å². The van der Waals surface area contributed by atoms with Gasteiger partial charge in [-0.05, 0) is 43.9 Å². The van der Waals surface area contributed by atoms with Crippen LogP contribution >= 0.6 is 11.6 Å². The fourth-order valence-corrected chi connectivity index (χ4v) is 2.47. The third kappa shape index (κ3) is 7.82. The van der Waals surface area contributed by atoms with Crippen molar-refractivity contribution in [3.05, 3.63) is 34.9 Å². The molecular weight excluding hydrogens is 286 g/mol. The van der Waals surface area contributed by atoms with E-state index >= 15 is 0 Å². The Morgan fingerprint density at radius 3 is 2.57 bits per heavy atom. The number of benzene rings is 1. The van der Waals surface area contributed by atoms with Crippen molar-refractivity contribution < 1.29 is 9.84 Å². The van der Waals surface area contributed by atoms with Crippen LogP contribution in [0.1, 0.15) is 45.7 Å². The molecule has 0 aliphatic rings. The zero-order valence-electron chi connectivity index (χ0n) is 13.5. The van der Waals surface area contributed by atoms with Crippen LogP contribution in [0.25, 0.3) is 0 Å². The summed E-state index contributed by atoms with van der Waals surface area (Å²) in [7, 11) is 0. The predicted octanol–water partition coefficient (Wildman–Crippen LogP) is 3.80. The van der Waals surface area contributed by atoms with Gasteiger partial charge in [-0.25, -0.2) is 0 Å². The number of hydrogen-bond donors (Lipinski definition) is 2. The monoisotopic (exact) mass is 313 g/mol. The maximum Gasteiger partial charge on any atom is 0.0898 e. The normalized spacial score (nSPS) is 16.0. The molecule has 0 saturated heterocycles. The summed E-state index contributed by atoms with van der Waals surface area (Å²) in [6, 6.07) is 7.90. The lowest BCUT2D eigenvalue weighted by Crippen LogP contribution is -2.33. The zero-order chi connectivity index (χ0) is 15.8. The predicted molar refractivity (Wildman–Crippen MR) is 88.7 cm³/mol. The number of ether oxygens (including phenoxy) is 1. The van der Waals surface area contributed by atoms with Gasteiger partial charge in [-0.3, -0.25) is 0 Å². The highest BCUT2D eigenvalue weighted by atomic mass is 35.5. The Kier molecular flexibility index (Phi) is 8.27. The first-order valence-corrected chi connectivity index (χ1v) is 8.04. The van der Waals surface area contributed by atoms with E-state index in [0.29, 0.717) is 19.1 Å². The Labute approximate surface area is 133 Å². The van der Waals surface area contributed by atoms with Gasteiger partial charge in [0.25, 0.3) is 0 Å². The third-order valence-electron chi connectivity index (χ3n) is 3.38. The molecule has 0 fully saturated rings. The van der Waals surface area contributed by atoms with Gasteiger partial charge in [-0.2, -0.15) is 0 Å². The molecule has 3 atom stereocenters. The van der Waals surface area contributed by atoms with Crippen LogP contribution in [0.15, 0.2) is 24.3 Å². The van der Waals surface area contributed by atoms with Crippen molar-refractivity contribution in [1.82, 2.24) is 5.32 Å². The Morgan fingerprint density at radius 1 is 1.24 bits per heavy atom. The zero-order valence-corrected chi connectivity index (χ0v) is 14.2. The SMILES string of the molecule is CC(C)CC(C)OCC(O)CN[C@H](C)c1cccc(Cl)c1. The van der Waals surface area contributed by atoms with E-state index < -0.39 is 6.10 Å². The van der Waals surface area contributed by atoms with Crippen LogP contribution in [0.2, 0.25) is 5.02 Å². The van der Waals surface area contributed by atoms with Gasteiger partial charge in [-0.1, -0.05) is 37.6 Å². The molecular formula is C17H28ClNO2. The van der Waals surface area contributed by atoms with E-state index in [0.717, 1.165) is 17.0 Å². The van der Waals surface area contributed by atoms with E-state index in [1.54, 1.807) is 0 Å². The fraction of sp³-hybridized carbons (Fsp3) is 0.647. The average Bonchev–Trinajstić information content (AvgIpc) is 2.41. The number of rotatable bonds is 9. The van der Waals surface area contributed by atoms with Gasteiger partial charge in [0.2, 0.25) is 0 Å². The lowest BCUT2D eigenvalue weighted by molar-refractivity contribution is -0.00914. The van der Waals surface area contributed by atoms with E-state index in [1.807, 2.05) is 24.3 Å². The highest BCUT2D eigenvalue weighted by molar-refractivity contribution is 6.30. The van der Waals surface area contributed by atoms with Crippen LogP contribution < -0.4 is 5.32 Å². The van der Waals surface area contributed by atoms with Crippen molar-refractivity contribution in [3.8, 4) is 0 Å². The van der Waals surface area contributed by atoms with Gasteiger partial charge in [0.1, 0.15) is 0 Å². The number of halogens is 1. The molecule has 0 aliphatic heterocycles. The van der Waals surface area contributed by atoms with Crippen LogP contribution in [-0.2, 0) is 4.74 Å². The second-order valence-corrected chi connectivity index (χ2v) is 6.55. The van der Waals surface area contributed by atoms with E-state index in [4.69, 9.17) is 16.3 Å². The van der Waals surface area contributed by atoms with Crippen molar-refractivity contribution in [3.63, 3.8) is 0 Å². The molecule has 0 bridgehead atoms. The van der Waals surface area contributed by atoms with Crippen molar-refractivity contribution in [2.75, 3.05) is 13.2 Å². The van der Waals surface area contributed by atoms with Gasteiger partial charge < -0.3 is 15.2 Å². The summed E-state index contributed by atoms with van der Waals surface area (Å²) in [5.41, 5.74) is 1.11. The standard InChI is InChI=1S/C17H28ClNO2/c1-12(2)8-13(3)21-11-17(20)10-19-14(4)15-6-5-7-16(18)9-15/h5-7,9,12-14,17,19-20H,8,10-11H2,1-4H3/t13?,14-,17?/m1/s1. The third-order valence-corrected chi connectivity index (χ3v) is 3.62. The Hall–Kier alpha value is -0.610. The number of nitrogens with one attached hydrogen (secondary N) is 1. The van der Waals surface area contributed by atoms with Crippen LogP contribution in [0.3, 0.4) is 0 Å². The summed E-state index contributed by atoms with van der Waals surface area (Å²) < 4.78 is 5.66. The van der Waals surface area contributed by atoms with Gasteiger partial charge in [-0.15, -0.1) is 0 Å². The molecule has 2 unspecified atom stereocenters. The van der Waals surface area contributed by atoms with Crippen LogP contribution in [0, 0.1) is 5.92 Å². The second kappa shape index (κ2) is 9.42. The molecule has 3 nitrogen and oxygen atoms in total. The maximum atomic E-state index is 9.97. The van der Waals surface area contributed by atoms with Gasteiger partial charge in [0.15, 0.2) is 0 Å². The minimum atomic E-state index is -0.499. The quantitative estimate of drug-likeness (QED) is 0.728. The van der Waals surface area contributed by atoms with Crippen molar-refractivity contribution in [2.24, 2.45) is 5.92 Å². The van der Waals surface area contributed by atoms with Gasteiger partial charge in [0.05, 0.1) is 18.8 Å². The second-order valence-electron chi connectivity index (χ2n) is 6.11. The molecule has 1 rings (SSSR count). The summed E-state index contributed by atoms with van der Waals surface area (Å²) in [4.78, 5) is 0. The molecule has 0 aliphatic carbocycles. The molecule has 0 saturated carbocycles. The fourth-order valence-electron chi connectivity index (χ4n) is 2.27. The van der Waals surface area contributed by atoms with Crippen LogP contribution in [0.5, 0.6) is 0 Å². The maximum absolute atomic E-state index is 9.97. The van der Waals surface area contributed by atoms with E-state index in [1.165, 1.54) is 0 Å². The topological polar surface area (TPSA) is 41.5 Å². The molecule has 0 radical (unpaired) electrons. The van der Waals surface area contributed by atoms with E-state index in [9.17, 15) is 5.11 Å². The van der Waals surface area contributed by atoms with E-state index in [-0.39, 0.29) is 12.1 Å². The first kappa shape index (κ1) is 18.4. The first-order chi connectivity index (χ1) is 9.88. The molecule has 120 valence electrons. The molecule has 1 aromatic rings. The molecule has 0 spiro atoms. The lowest BCUT2D eigenvalue weighted by atomic mass is 10.1. The molecule has 2 N–H and O–H groups in total. The van der Waals surface area contributed by atoms with Crippen molar-refractivity contribution in [2.45, 2.75) is 52.4 Å². The van der Waals surface area contributed by atoms with Crippen molar-refractivity contribution in [1.29, 1.82) is 0 Å². The minimum absolute atomic E-state index is 0.145. The Balaban J connectivity index is 2.27. The number of hydrogen-bond acceptors (Lipinski definition) is 3. The Bertz CT molecular complexity index is 412. The largest absolute Gasteiger partial charge is 0.389 e. The Morgan fingerprint density at radius 2 is 1.95 bits per heavy atom. The highest BCUT2D eigenvalue weighted by Crippen LogP contribution is 2.17. The lowest BCUT2D eigenvalue weighted by Gasteiger charge is -2.20. The first-order valence-electron chi connectivity index (χ1n) is 7.67. The molecule has 4 heteroatoms. The van der Waals surface area contributed by atoms with Crippen LogP contribution in [-0.4, -0.2) is 30.5 Å². The summed E-state index contributed by atoms with van der Waals surface area (Å²) in [5.74, 6) is 0.609. The van der Waals surface area contributed by atoms with Crippen LogP contribution in [0.4, 0.5) is 0 Å². The average molecular weight is 314 g/mol. The molecule has 0 amide bonds. The summed E-state index contributed by atoms with van der Waals surface area (Å²) in [6.07, 6.45) is 0.699. The summed E-state index contributed by atoms with van der Waals surface area (Å²) >= 11 is 5.98. The molecule has 21 heavy (non-hydrogen) atoms. The smallest absolute Gasteiger partial charge is 0.0898 e. The number of aliphatic hydroxyl groups excluding tert-OH is 1.